The molecule has 0 fully saturated rings. The number of nitrogens with zero attached hydrogens (tertiary/aromatic N) is 1. The van der Waals surface area contributed by atoms with E-state index in [9.17, 15) is 9.90 Å². The molecule has 0 aliphatic carbocycles. The molecule has 3 N–H and O–H groups in total. The van der Waals surface area contributed by atoms with Crippen LogP contribution in [0.5, 0.6) is 0 Å². The zero-order valence-electron chi connectivity index (χ0n) is 9.91. The van der Waals surface area contributed by atoms with E-state index in [2.05, 4.69) is 4.98 Å². The molecule has 17 heavy (non-hydrogen) atoms. The summed E-state index contributed by atoms with van der Waals surface area (Å²) in [5, 5.41) is 9.64. The fourth-order valence-corrected chi connectivity index (χ4v) is 1.46. The maximum absolute atomic E-state index is 10.6. The summed E-state index contributed by atoms with van der Waals surface area (Å²) >= 11 is 0. The minimum absolute atomic E-state index is 0.00965. The van der Waals surface area contributed by atoms with Gasteiger partial charge < -0.3 is 10.8 Å². The molecule has 0 bridgehead atoms. The largest absolute Gasteiger partial charge is 0.392 e. The van der Waals surface area contributed by atoms with Crippen LogP contribution in [-0.2, 0) is 4.79 Å². The van der Waals surface area contributed by atoms with Gasteiger partial charge in [-0.05, 0) is 24.0 Å². The lowest BCUT2D eigenvalue weighted by atomic mass is 9.97. The van der Waals surface area contributed by atoms with E-state index in [0.717, 1.165) is 5.56 Å². The number of aromatic nitrogens is 1. The van der Waals surface area contributed by atoms with Crippen molar-refractivity contribution < 1.29 is 9.90 Å². The molecule has 0 aromatic carbocycles. The molecule has 0 aliphatic heterocycles. The van der Waals surface area contributed by atoms with Crippen LogP contribution in [0.25, 0.3) is 6.08 Å². The van der Waals surface area contributed by atoms with Gasteiger partial charge in [-0.25, -0.2) is 0 Å². The van der Waals surface area contributed by atoms with E-state index in [4.69, 9.17) is 5.73 Å². The van der Waals surface area contributed by atoms with Gasteiger partial charge >= 0.3 is 0 Å². The van der Waals surface area contributed by atoms with Crippen molar-refractivity contribution in [3.63, 3.8) is 0 Å². The lowest BCUT2D eigenvalue weighted by molar-refractivity contribution is -0.120. The summed E-state index contributed by atoms with van der Waals surface area (Å²) in [5.41, 5.74) is 6.04. The lowest BCUT2D eigenvalue weighted by Crippen LogP contribution is -2.25. The van der Waals surface area contributed by atoms with E-state index in [0.29, 0.717) is 6.42 Å². The average molecular weight is 234 g/mol. The van der Waals surface area contributed by atoms with E-state index >= 15 is 0 Å². The van der Waals surface area contributed by atoms with Gasteiger partial charge in [0.25, 0.3) is 0 Å². The number of aliphatic hydroxyl groups excluding tert-OH is 1. The van der Waals surface area contributed by atoms with Crippen LogP contribution < -0.4 is 5.73 Å². The first-order valence-corrected chi connectivity index (χ1v) is 5.62. The Morgan fingerprint density at radius 1 is 1.65 bits per heavy atom. The van der Waals surface area contributed by atoms with Crippen molar-refractivity contribution in [3.05, 3.63) is 36.2 Å². The molecule has 1 aromatic heterocycles. The van der Waals surface area contributed by atoms with Crippen molar-refractivity contribution in [3.8, 4) is 0 Å². The number of rotatable bonds is 6. The van der Waals surface area contributed by atoms with Gasteiger partial charge in [-0.3, -0.25) is 9.78 Å². The van der Waals surface area contributed by atoms with Crippen LogP contribution in [-0.4, -0.2) is 22.1 Å². The highest BCUT2D eigenvalue weighted by Crippen LogP contribution is 2.13. The van der Waals surface area contributed by atoms with Crippen molar-refractivity contribution in [1.29, 1.82) is 0 Å². The summed E-state index contributed by atoms with van der Waals surface area (Å²) < 4.78 is 0. The Bertz CT molecular complexity index is 376. The summed E-state index contributed by atoms with van der Waals surface area (Å²) in [6, 6.07) is 3.82. The molecule has 1 heterocycles. The Hall–Kier alpha value is -1.68. The van der Waals surface area contributed by atoms with E-state index < -0.39 is 12.0 Å². The molecular weight excluding hydrogens is 216 g/mol. The highest BCUT2D eigenvalue weighted by Gasteiger charge is 2.14. The highest BCUT2D eigenvalue weighted by atomic mass is 16.3. The van der Waals surface area contributed by atoms with Gasteiger partial charge in [-0.15, -0.1) is 0 Å². The van der Waals surface area contributed by atoms with Gasteiger partial charge in [0, 0.05) is 12.4 Å². The predicted molar refractivity (Wildman–Crippen MR) is 66.9 cm³/mol. The van der Waals surface area contributed by atoms with Gasteiger partial charge in [0.2, 0.25) is 5.91 Å². The highest BCUT2D eigenvalue weighted by molar-refractivity contribution is 5.74. The fourth-order valence-electron chi connectivity index (χ4n) is 1.46. The number of carbonyl (C=O) groups excluding carboxylic acids is 1. The van der Waals surface area contributed by atoms with Crippen molar-refractivity contribution in [2.45, 2.75) is 25.9 Å². The minimum Gasteiger partial charge on any atom is -0.392 e. The Morgan fingerprint density at radius 2 is 2.41 bits per heavy atom. The molecule has 1 amide bonds. The first kappa shape index (κ1) is 13.4. The molecule has 0 saturated heterocycles. The molecular formula is C13H18N2O2. The minimum atomic E-state index is -0.675. The third-order valence-corrected chi connectivity index (χ3v) is 2.57. The zero-order valence-corrected chi connectivity index (χ0v) is 9.91. The fraction of sp³-hybridized carbons (Fsp3) is 0.385. The standard InChI is InChI=1S/C13H18N2O2/c1-10(12(16)8-13(14)17)4-2-5-11-6-3-7-15-9-11/h2-3,5-7,9-10,12,16H,4,8H2,1H3,(H2,14,17)/t10-,12+/m1/s1. The Kier molecular flexibility index (Phi) is 5.36. The molecule has 0 saturated carbocycles. The molecule has 1 rings (SSSR count). The van der Waals surface area contributed by atoms with Gasteiger partial charge in [0.05, 0.1) is 12.5 Å². The quantitative estimate of drug-likeness (QED) is 0.780. The van der Waals surface area contributed by atoms with Crippen molar-refractivity contribution >= 4 is 12.0 Å². The van der Waals surface area contributed by atoms with Gasteiger partial charge in [-0.1, -0.05) is 25.1 Å². The van der Waals surface area contributed by atoms with E-state index in [1.807, 2.05) is 31.2 Å². The second-order valence-electron chi connectivity index (χ2n) is 4.14. The van der Waals surface area contributed by atoms with E-state index in [-0.39, 0.29) is 12.3 Å². The maximum Gasteiger partial charge on any atom is 0.220 e. The third kappa shape index (κ3) is 5.26. The van der Waals surface area contributed by atoms with Gasteiger partial charge in [0.15, 0.2) is 0 Å². The molecule has 0 radical (unpaired) electrons. The number of primary amides is 1. The normalized spacial score (nSPS) is 14.7. The number of aliphatic hydroxyl groups is 1. The van der Waals surface area contributed by atoms with Crippen LogP contribution in [0.4, 0.5) is 0 Å². The monoisotopic (exact) mass is 234 g/mol. The van der Waals surface area contributed by atoms with Crippen LogP contribution >= 0.6 is 0 Å². The summed E-state index contributed by atoms with van der Waals surface area (Å²) in [6.45, 7) is 1.89. The predicted octanol–water partition coefficient (Wildman–Crippen LogP) is 1.36. The first-order valence-electron chi connectivity index (χ1n) is 5.62. The smallest absolute Gasteiger partial charge is 0.220 e. The molecule has 4 heteroatoms. The SMILES string of the molecule is C[C@H](CC=Cc1cccnc1)[C@@H](O)CC(N)=O. The topological polar surface area (TPSA) is 76.2 Å². The second-order valence-corrected chi connectivity index (χ2v) is 4.14. The lowest BCUT2D eigenvalue weighted by Gasteiger charge is -2.15. The number of carbonyl (C=O) groups is 1. The third-order valence-electron chi connectivity index (χ3n) is 2.57. The maximum atomic E-state index is 10.6. The summed E-state index contributed by atoms with van der Waals surface area (Å²) in [7, 11) is 0. The van der Waals surface area contributed by atoms with E-state index in [1.165, 1.54) is 0 Å². The molecule has 1 aromatic rings. The van der Waals surface area contributed by atoms with Crippen LogP contribution in [0.15, 0.2) is 30.6 Å². The van der Waals surface area contributed by atoms with Crippen LogP contribution in [0.1, 0.15) is 25.3 Å². The molecule has 0 spiro atoms. The van der Waals surface area contributed by atoms with Crippen molar-refractivity contribution in [2.24, 2.45) is 11.7 Å². The number of allylic oxidation sites excluding steroid dienone is 1. The van der Waals surface area contributed by atoms with Crippen LogP contribution in [0.2, 0.25) is 0 Å². The summed E-state index contributed by atoms with van der Waals surface area (Å²) in [6.07, 6.45) is 7.43. The number of amides is 1. The molecule has 4 nitrogen and oxygen atoms in total. The molecule has 0 unspecified atom stereocenters. The van der Waals surface area contributed by atoms with Crippen LogP contribution in [0, 0.1) is 5.92 Å². The molecule has 92 valence electrons. The van der Waals surface area contributed by atoms with Crippen LogP contribution in [0.3, 0.4) is 0 Å². The number of nitrogens with two attached hydrogens (primary N) is 1. The number of pyridine rings is 1. The summed E-state index contributed by atoms with van der Waals surface area (Å²) in [4.78, 5) is 14.6. The number of hydrogen-bond donors (Lipinski definition) is 2. The molecule has 0 aliphatic rings. The van der Waals surface area contributed by atoms with E-state index in [1.54, 1.807) is 12.4 Å². The first-order chi connectivity index (χ1) is 8.09. The zero-order chi connectivity index (χ0) is 12.7. The molecule has 2 atom stereocenters. The van der Waals surface area contributed by atoms with Gasteiger partial charge in [-0.2, -0.15) is 0 Å². The summed E-state index contributed by atoms with van der Waals surface area (Å²) in [5.74, 6) is -0.462. The Morgan fingerprint density at radius 3 is 3.00 bits per heavy atom. The van der Waals surface area contributed by atoms with Crippen molar-refractivity contribution in [2.75, 3.05) is 0 Å². The number of hydrogen-bond acceptors (Lipinski definition) is 3. The Balaban J connectivity index is 2.40. The van der Waals surface area contributed by atoms with Gasteiger partial charge in [0.1, 0.15) is 0 Å². The van der Waals surface area contributed by atoms with Crippen molar-refractivity contribution in [1.82, 2.24) is 4.98 Å². The average Bonchev–Trinajstić information content (AvgIpc) is 2.29. The second kappa shape index (κ2) is 6.81. The Labute approximate surface area is 101 Å².